The topological polar surface area (TPSA) is 47.4 Å². The van der Waals surface area contributed by atoms with Crippen LogP contribution in [0, 0.1) is 0 Å². The van der Waals surface area contributed by atoms with Crippen molar-refractivity contribution in [1.82, 2.24) is 14.5 Å². The third-order valence-electron chi connectivity index (χ3n) is 2.85. The Hall–Kier alpha value is -1.82. The Labute approximate surface area is 139 Å². The van der Waals surface area contributed by atoms with Crippen molar-refractivity contribution in [2.75, 3.05) is 7.05 Å². The summed E-state index contributed by atoms with van der Waals surface area (Å²) in [6.07, 6.45) is 3.28. The second-order valence-corrected chi connectivity index (χ2v) is 7.00. The first-order valence-corrected chi connectivity index (χ1v) is 7.77. The number of rotatable bonds is 3. The molecule has 0 bridgehead atoms. The maximum atomic E-state index is 11.9. The van der Waals surface area contributed by atoms with Gasteiger partial charge >= 0.3 is 6.09 Å². The van der Waals surface area contributed by atoms with Crippen LogP contribution in [0.2, 0.25) is 0 Å². The first-order valence-electron chi connectivity index (χ1n) is 6.97. The molecule has 22 heavy (non-hydrogen) atoms. The van der Waals surface area contributed by atoms with Crippen molar-refractivity contribution in [3.8, 4) is 5.69 Å². The molecule has 6 heteroatoms. The van der Waals surface area contributed by atoms with Gasteiger partial charge in [-0.1, -0.05) is 22.0 Å². The van der Waals surface area contributed by atoms with Crippen molar-refractivity contribution in [3.63, 3.8) is 0 Å². The molecule has 1 amide bonds. The Bertz CT molecular complexity index is 661. The molecule has 0 aliphatic carbocycles. The zero-order valence-electron chi connectivity index (χ0n) is 13.2. The summed E-state index contributed by atoms with van der Waals surface area (Å²) in [5.41, 5.74) is 1.31. The molecule has 0 fully saturated rings. The Morgan fingerprint density at radius 2 is 2.14 bits per heavy atom. The summed E-state index contributed by atoms with van der Waals surface area (Å²) in [5.74, 6) is 0. The molecular formula is C16H20BrN3O2. The Morgan fingerprint density at radius 3 is 2.77 bits per heavy atom. The highest BCUT2D eigenvalue weighted by atomic mass is 79.9. The number of hydrogen-bond donors (Lipinski definition) is 0. The summed E-state index contributed by atoms with van der Waals surface area (Å²) in [6.45, 7) is 5.94. The first-order chi connectivity index (χ1) is 10.2. The maximum Gasteiger partial charge on any atom is 0.410 e. The fourth-order valence-electron chi connectivity index (χ4n) is 1.87. The van der Waals surface area contributed by atoms with Gasteiger partial charge in [-0.3, -0.25) is 0 Å². The number of hydrogen-bond acceptors (Lipinski definition) is 3. The number of benzene rings is 1. The standard InChI is InChI=1S/C16H20BrN3O2/c1-16(2,3)22-15(21)19(4)9-13-10-20(11-18-13)14-7-5-6-12(17)8-14/h5-8,10-11H,9H2,1-4H3. The van der Waals surface area contributed by atoms with Crippen molar-refractivity contribution in [3.05, 3.63) is 47.0 Å². The molecular weight excluding hydrogens is 346 g/mol. The van der Waals surface area contributed by atoms with Gasteiger partial charge in [0.2, 0.25) is 0 Å². The van der Waals surface area contributed by atoms with Crippen molar-refractivity contribution in [2.45, 2.75) is 32.9 Å². The highest BCUT2D eigenvalue weighted by molar-refractivity contribution is 9.10. The van der Waals surface area contributed by atoms with E-state index in [-0.39, 0.29) is 6.09 Å². The summed E-state index contributed by atoms with van der Waals surface area (Å²) in [5, 5.41) is 0. The lowest BCUT2D eigenvalue weighted by Gasteiger charge is -2.24. The molecule has 5 nitrogen and oxygen atoms in total. The van der Waals surface area contributed by atoms with Gasteiger partial charge in [0.05, 0.1) is 18.6 Å². The van der Waals surface area contributed by atoms with Crippen LogP contribution in [0.25, 0.3) is 5.69 Å². The summed E-state index contributed by atoms with van der Waals surface area (Å²) in [4.78, 5) is 17.8. The minimum absolute atomic E-state index is 0.357. The van der Waals surface area contributed by atoms with Gasteiger partial charge in [-0.25, -0.2) is 9.78 Å². The number of nitrogens with zero attached hydrogens (tertiary/aromatic N) is 3. The molecule has 118 valence electrons. The Morgan fingerprint density at radius 1 is 1.41 bits per heavy atom. The normalized spacial score (nSPS) is 11.3. The second-order valence-electron chi connectivity index (χ2n) is 6.09. The van der Waals surface area contributed by atoms with Crippen LogP contribution in [-0.2, 0) is 11.3 Å². The van der Waals surface area contributed by atoms with E-state index in [0.717, 1.165) is 15.9 Å². The van der Waals surface area contributed by atoms with E-state index in [4.69, 9.17) is 4.74 Å². The molecule has 1 aromatic carbocycles. The zero-order chi connectivity index (χ0) is 16.3. The molecule has 0 aliphatic rings. The van der Waals surface area contributed by atoms with Crippen LogP contribution in [0.1, 0.15) is 26.5 Å². The smallest absolute Gasteiger partial charge is 0.410 e. The molecule has 0 saturated heterocycles. The summed E-state index contributed by atoms with van der Waals surface area (Å²) in [6, 6.07) is 7.93. The van der Waals surface area contributed by atoms with Gasteiger partial charge in [-0.05, 0) is 39.0 Å². The second kappa shape index (κ2) is 6.52. The van der Waals surface area contributed by atoms with Crippen LogP contribution < -0.4 is 0 Å². The van der Waals surface area contributed by atoms with Crippen LogP contribution >= 0.6 is 15.9 Å². The van der Waals surface area contributed by atoms with Crippen LogP contribution in [-0.4, -0.2) is 33.2 Å². The molecule has 1 heterocycles. The van der Waals surface area contributed by atoms with Crippen molar-refractivity contribution in [2.24, 2.45) is 0 Å². The fraction of sp³-hybridized carbons (Fsp3) is 0.375. The number of ether oxygens (including phenoxy) is 1. The predicted molar refractivity (Wildman–Crippen MR) is 89.0 cm³/mol. The lowest BCUT2D eigenvalue weighted by Crippen LogP contribution is -2.33. The molecule has 1 aromatic heterocycles. The monoisotopic (exact) mass is 365 g/mol. The number of amides is 1. The van der Waals surface area contributed by atoms with Crippen LogP contribution in [0.15, 0.2) is 41.3 Å². The minimum Gasteiger partial charge on any atom is -0.444 e. The quantitative estimate of drug-likeness (QED) is 0.825. The van der Waals surface area contributed by atoms with Crippen molar-refractivity contribution >= 4 is 22.0 Å². The SMILES string of the molecule is CN(Cc1cn(-c2cccc(Br)c2)cn1)C(=O)OC(C)(C)C. The highest BCUT2D eigenvalue weighted by Crippen LogP contribution is 2.16. The average Bonchev–Trinajstić information content (AvgIpc) is 2.85. The van der Waals surface area contributed by atoms with E-state index in [9.17, 15) is 4.79 Å². The Kier molecular flexibility index (Phi) is 4.90. The predicted octanol–water partition coefficient (Wildman–Crippen LogP) is 4.00. The number of imidazole rings is 1. The van der Waals surface area contributed by atoms with E-state index >= 15 is 0 Å². The molecule has 2 rings (SSSR count). The van der Waals surface area contributed by atoms with Crippen LogP contribution in [0.5, 0.6) is 0 Å². The lowest BCUT2D eigenvalue weighted by atomic mass is 10.2. The average molecular weight is 366 g/mol. The lowest BCUT2D eigenvalue weighted by molar-refractivity contribution is 0.0283. The third-order valence-corrected chi connectivity index (χ3v) is 3.34. The van der Waals surface area contributed by atoms with Crippen LogP contribution in [0.3, 0.4) is 0 Å². The largest absolute Gasteiger partial charge is 0.444 e. The zero-order valence-corrected chi connectivity index (χ0v) is 14.8. The number of carbonyl (C=O) groups is 1. The minimum atomic E-state index is -0.499. The highest BCUT2D eigenvalue weighted by Gasteiger charge is 2.20. The van der Waals surface area contributed by atoms with Gasteiger partial charge in [0.1, 0.15) is 5.60 Å². The van der Waals surface area contributed by atoms with Gasteiger partial charge in [0.25, 0.3) is 0 Å². The molecule has 0 aliphatic heterocycles. The molecule has 0 N–H and O–H groups in total. The fourth-order valence-corrected chi connectivity index (χ4v) is 2.26. The van der Waals surface area contributed by atoms with Crippen molar-refractivity contribution < 1.29 is 9.53 Å². The number of aromatic nitrogens is 2. The van der Waals surface area contributed by atoms with E-state index in [1.165, 1.54) is 4.90 Å². The number of carbonyl (C=O) groups excluding carboxylic acids is 1. The Balaban J connectivity index is 2.04. The molecule has 2 aromatic rings. The molecule has 0 unspecified atom stereocenters. The van der Waals surface area contributed by atoms with E-state index < -0.39 is 5.60 Å². The molecule has 0 radical (unpaired) electrons. The van der Waals surface area contributed by atoms with Gasteiger partial charge in [-0.15, -0.1) is 0 Å². The van der Waals surface area contributed by atoms with E-state index in [1.807, 2.05) is 55.8 Å². The molecule has 0 saturated carbocycles. The summed E-state index contributed by atoms with van der Waals surface area (Å²) < 4.78 is 8.25. The van der Waals surface area contributed by atoms with Gasteiger partial charge in [0, 0.05) is 23.4 Å². The van der Waals surface area contributed by atoms with Gasteiger partial charge < -0.3 is 14.2 Å². The van der Waals surface area contributed by atoms with Gasteiger partial charge in [0.15, 0.2) is 0 Å². The maximum absolute atomic E-state index is 11.9. The first kappa shape index (κ1) is 16.5. The van der Waals surface area contributed by atoms with E-state index in [0.29, 0.717) is 6.54 Å². The summed E-state index contributed by atoms with van der Waals surface area (Å²) in [7, 11) is 1.70. The van der Waals surface area contributed by atoms with Crippen LogP contribution in [0.4, 0.5) is 4.79 Å². The van der Waals surface area contributed by atoms with E-state index in [1.54, 1.807) is 13.4 Å². The third kappa shape index (κ3) is 4.59. The van der Waals surface area contributed by atoms with E-state index in [2.05, 4.69) is 20.9 Å². The van der Waals surface area contributed by atoms with Crippen molar-refractivity contribution in [1.29, 1.82) is 0 Å². The summed E-state index contributed by atoms with van der Waals surface area (Å²) >= 11 is 3.45. The molecule has 0 atom stereocenters. The number of halogens is 1. The van der Waals surface area contributed by atoms with Gasteiger partial charge in [-0.2, -0.15) is 0 Å². The molecule has 0 spiro atoms.